The van der Waals surface area contributed by atoms with Crippen molar-refractivity contribution in [1.29, 1.82) is 0 Å². The molecular weight excluding hydrogens is 476 g/mol. The molecule has 1 fully saturated rings. The number of anilines is 1. The molecule has 194 valence electrons. The Kier molecular flexibility index (Phi) is 6.61. The molecule has 0 aliphatic carbocycles. The number of fused-ring (bicyclic) bond motifs is 2. The summed E-state index contributed by atoms with van der Waals surface area (Å²) in [7, 11) is 0. The minimum absolute atomic E-state index is 0.199. The number of carbonyl (C=O) groups is 1. The van der Waals surface area contributed by atoms with Gasteiger partial charge in [-0.3, -0.25) is 23.8 Å². The number of aryl methyl sites for hydroxylation is 2. The lowest BCUT2D eigenvalue weighted by molar-refractivity contribution is 0.102. The predicted octanol–water partition coefficient (Wildman–Crippen LogP) is 3.66. The monoisotopic (exact) mass is 508 g/mol. The minimum atomic E-state index is -0.199. The lowest BCUT2D eigenvalue weighted by atomic mass is 10.1. The molecule has 5 heterocycles. The second kappa shape index (κ2) is 10.4. The number of rotatable bonds is 7. The molecule has 0 radical (unpaired) electrons. The van der Waals surface area contributed by atoms with Crippen molar-refractivity contribution in [3.63, 3.8) is 0 Å². The van der Waals surface area contributed by atoms with Crippen LogP contribution in [0.5, 0.6) is 0 Å². The summed E-state index contributed by atoms with van der Waals surface area (Å²) in [4.78, 5) is 25.0. The average molecular weight is 509 g/mol. The fourth-order valence-electron chi connectivity index (χ4n) is 5.22. The Balaban J connectivity index is 1.26. The highest BCUT2D eigenvalue weighted by molar-refractivity contribution is 6.08. The van der Waals surface area contributed by atoms with Crippen molar-refractivity contribution in [1.82, 2.24) is 34.4 Å². The third-order valence-corrected chi connectivity index (χ3v) is 7.12. The molecule has 1 aliphatic heterocycles. The first-order valence-corrected chi connectivity index (χ1v) is 13.2. The van der Waals surface area contributed by atoms with Crippen LogP contribution in [0.2, 0.25) is 0 Å². The van der Waals surface area contributed by atoms with Gasteiger partial charge in [-0.25, -0.2) is 4.98 Å². The van der Waals surface area contributed by atoms with Crippen LogP contribution in [0.15, 0.2) is 60.9 Å². The van der Waals surface area contributed by atoms with E-state index in [9.17, 15) is 4.79 Å². The number of nitrogens with zero attached hydrogens (tertiary/aromatic N) is 6. The van der Waals surface area contributed by atoms with Gasteiger partial charge in [0.2, 0.25) is 0 Å². The molecule has 0 spiro atoms. The highest BCUT2D eigenvalue weighted by Crippen LogP contribution is 2.28. The smallest absolute Gasteiger partial charge is 0.274 e. The topological polar surface area (TPSA) is 92.4 Å². The maximum atomic E-state index is 13.4. The van der Waals surface area contributed by atoms with E-state index < -0.39 is 0 Å². The van der Waals surface area contributed by atoms with Gasteiger partial charge in [0.15, 0.2) is 0 Å². The summed E-state index contributed by atoms with van der Waals surface area (Å²) in [6, 6.07) is 16.1. The van der Waals surface area contributed by atoms with Gasteiger partial charge in [-0.2, -0.15) is 5.10 Å². The fourth-order valence-corrected chi connectivity index (χ4v) is 5.22. The third kappa shape index (κ3) is 4.78. The summed E-state index contributed by atoms with van der Waals surface area (Å²) < 4.78 is 3.82. The Morgan fingerprint density at radius 3 is 2.74 bits per heavy atom. The van der Waals surface area contributed by atoms with Crippen LogP contribution in [-0.2, 0) is 19.5 Å². The Morgan fingerprint density at radius 1 is 1.08 bits per heavy atom. The summed E-state index contributed by atoms with van der Waals surface area (Å²) >= 11 is 0. The highest BCUT2D eigenvalue weighted by atomic mass is 16.2. The molecule has 9 nitrogen and oxygen atoms in total. The van der Waals surface area contributed by atoms with E-state index in [0.29, 0.717) is 12.2 Å². The Bertz CT molecular complexity index is 1610. The van der Waals surface area contributed by atoms with Crippen LogP contribution in [0.1, 0.15) is 40.1 Å². The normalized spacial score (nSPS) is 14.4. The maximum Gasteiger partial charge on any atom is 0.274 e. The van der Waals surface area contributed by atoms with Gasteiger partial charge >= 0.3 is 0 Å². The number of nitrogens with one attached hydrogen (secondary N) is 2. The lowest BCUT2D eigenvalue weighted by Gasteiger charge is -2.27. The first-order valence-electron chi connectivity index (χ1n) is 13.2. The number of benzene rings is 1. The third-order valence-electron chi connectivity index (χ3n) is 7.12. The summed E-state index contributed by atoms with van der Waals surface area (Å²) in [5, 5.41) is 12.4. The van der Waals surface area contributed by atoms with E-state index in [0.717, 1.165) is 78.5 Å². The van der Waals surface area contributed by atoms with Gasteiger partial charge in [-0.1, -0.05) is 19.1 Å². The van der Waals surface area contributed by atoms with Crippen molar-refractivity contribution in [3.05, 3.63) is 89.3 Å². The standard InChI is InChI=1S/C29H32N8O/c1-3-23-28-24(8-5-9-25(28)37(34-23)19-22-7-4-6-20(2)32-22)33-29(38)26-17-31-27-16-21(10-13-36(26)27)18-35-14-11-30-12-15-35/h4-10,13,16-17,30H,3,11-12,14-15,18-19H2,1-2H3,(H,33,38). The fraction of sp³-hybridized carbons (Fsp3) is 0.310. The predicted molar refractivity (Wildman–Crippen MR) is 148 cm³/mol. The summed E-state index contributed by atoms with van der Waals surface area (Å²) in [6.07, 6.45) is 4.34. The van der Waals surface area contributed by atoms with Gasteiger partial charge in [-0.15, -0.1) is 0 Å². The minimum Gasteiger partial charge on any atom is -0.320 e. The number of hydrogen-bond donors (Lipinski definition) is 2. The van der Waals surface area contributed by atoms with Crippen molar-refractivity contribution < 1.29 is 4.79 Å². The van der Waals surface area contributed by atoms with Crippen LogP contribution >= 0.6 is 0 Å². The van der Waals surface area contributed by atoms with E-state index in [1.807, 2.05) is 58.6 Å². The molecule has 0 atom stereocenters. The second-order valence-electron chi connectivity index (χ2n) is 9.81. The maximum absolute atomic E-state index is 13.4. The van der Waals surface area contributed by atoms with Gasteiger partial charge in [-0.05, 0) is 55.3 Å². The number of imidazole rings is 1. The van der Waals surface area contributed by atoms with Crippen LogP contribution in [0, 0.1) is 6.92 Å². The molecule has 1 aromatic carbocycles. The zero-order chi connectivity index (χ0) is 26.1. The van der Waals surface area contributed by atoms with Crippen LogP contribution in [0.25, 0.3) is 16.6 Å². The number of hydrogen-bond acceptors (Lipinski definition) is 6. The van der Waals surface area contributed by atoms with Gasteiger partial charge in [0.25, 0.3) is 5.91 Å². The summed E-state index contributed by atoms with van der Waals surface area (Å²) in [5.74, 6) is -0.199. The molecule has 4 aromatic heterocycles. The molecule has 6 rings (SSSR count). The van der Waals surface area contributed by atoms with Crippen molar-refractivity contribution >= 4 is 28.1 Å². The van der Waals surface area contributed by atoms with E-state index in [4.69, 9.17) is 5.10 Å². The first kappa shape index (κ1) is 24.3. The van der Waals surface area contributed by atoms with Crippen LogP contribution in [0.3, 0.4) is 0 Å². The molecule has 38 heavy (non-hydrogen) atoms. The molecule has 2 N–H and O–H groups in total. The molecule has 1 saturated heterocycles. The summed E-state index contributed by atoms with van der Waals surface area (Å²) in [6.45, 7) is 9.64. The number of carbonyl (C=O) groups excluding carboxylic acids is 1. The summed E-state index contributed by atoms with van der Waals surface area (Å²) in [5.41, 5.74) is 7.06. The Morgan fingerprint density at radius 2 is 1.92 bits per heavy atom. The molecular formula is C29H32N8O. The first-order chi connectivity index (χ1) is 18.6. The number of piperazine rings is 1. The van der Waals surface area contributed by atoms with Gasteiger partial charge in [0.1, 0.15) is 11.3 Å². The van der Waals surface area contributed by atoms with Crippen LogP contribution < -0.4 is 10.6 Å². The molecule has 1 aliphatic rings. The number of amides is 1. The van der Waals surface area contributed by atoms with E-state index in [1.54, 1.807) is 6.20 Å². The average Bonchev–Trinajstić information content (AvgIpc) is 3.51. The molecule has 0 saturated carbocycles. The zero-order valence-electron chi connectivity index (χ0n) is 21.8. The number of pyridine rings is 2. The Labute approximate surface area is 221 Å². The lowest BCUT2D eigenvalue weighted by Crippen LogP contribution is -2.42. The second-order valence-corrected chi connectivity index (χ2v) is 9.81. The SMILES string of the molecule is CCc1nn(Cc2cccc(C)n2)c2cccc(NC(=O)c3cnc4cc(CN5CCNCC5)ccn34)c12. The largest absolute Gasteiger partial charge is 0.320 e. The molecule has 5 aromatic rings. The molecule has 9 heteroatoms. The molecule has 0 unspecified atom stereocenters. The van der Waals surface area contributed by atoms with Gasteiger partial charge in [0, 0.05) is 50.0 Å². The van der Waals surface area contributed by atoms with E-state index >= 15 is 0 Å². The van der Waals surface area contributed by atoms with Crippen molar-refractivity contribution in [2.75, 3.05) is 31.5 Å². The van der Waals surface area contributed by atoms with Crippen LogP contribution in [-0.4, -0.2) is 61.1 Å². The van der Waals surface area contributed by atoms with E-state index in [2.05, 4.69) is 44.6 Å². The molecule has 0 bridgehead atoms. The van der Waals surface area contributed by atoms with E-state index in [-0.39, 0.29) is 5.91 Å². The van der Waals surface area contributed by atoms with Crippen LogP contribution in [0.4, 0.5) is 5.69 Å². The van der Waals surface area contributed by atoms with Gasteiger partial charge in [0.05, 0.1) is 35.3 Å². The highest BCUT2D eigenvalue weighted by Gasteiger charge is 2.18. The Hall–Kier alpha value is -4.08. The molecule has 1 amide bonds. The van der Waals surface area contributed by atoms with Crippen molar-refractivity contribution in [3.8, 4) is 0 Å². The van der Waals surface area contributed by atoms with Crippen molar-refractivity contribution in [2.45, 2.75) is 33.4 Å². The van der Waals surface area contributed by atoms with Crippen molar-refractivity contribution in [2.24, 2.45) is 0 Å². The quantitative estimate of drug-likeness (QED) is 0.349. The van der Waals surface area contributed by atoms with E-state index in [1.165, 1.54) is 5.56 Å². The van der Waals surface area contributed by atoms with Gasteiger partial charge < -0.3 is 10.6 Å². The zero-order valence-corrected chi connectivity index (χ0v) is 21.8. The number of aromatic nitrogens is 5.